The first-order chi connectivity index (χ1) is 6.16. The minimum absolute atomic E-state index is 0.0963. The van der Waals surface area contributed by atoms with Crippen molar-refractivity contribution in [2.75, 3.05) is 18.1 Å². The summed E-state index contributed by atoms with van der Waals surface area (Å²) in [7, 11) is 0. The van der Waals surface area contributed by atoms with E-state index in [1.165, 1.54) is 6.92 Å². The highest BCUT2D eigenvalue weighted by molar-refractivity contribution is 7.99. The second kappa shape index (κ2) is 8.10. The van der Waals surface area contributed by atoms with Crippen LogP contribution in [-0.4, -0.2) is 29.9 Å². The van der Waals surface area contributed by atoms with Crippen molar-refractivity contribution < 1.29 is 14.3 Å². The van der Waals surface area contributed by atoms with Crippen LogP contribution in [0.4, 0.5) is 0 Å². The molecule has 4 heteroatoms. The molecule has 0 spiro atoms. The average Bonchev–Trinajstić information content (AvgIpc) is 2.02. The van der Waals surface area contributed by atoms with Crippen molar-refractivity contribution in [1.82, 2.24) is 0 Å². The van der Waals surface area contributed by atoms with Gasteiger partial charge in [0.15, 0.2) is 0 Å². The third-order valence-corrected chi connectivity index (χ3v) is 2.28. The lowest BCUT2D eigenvalue weighted by Crippen LogP contribution is -2.10. The molecule has 0 saturated carbocycles. The molecule has 0 aliphatic rings. The van der Waals surface area contributed by atoms with Gasteiger partial charge in [0.05, 0.1) is 6.61 Å². The smallest absolute Gasteiger partial charge is 0.313 e. The van der Waals surface area contributed by atoms with Crippen LogP contribution in [0, 0.1) is 0 Å². The number of ether oxygens (including phenoxy) is 1. The maximum atomic E-state index is 10.8. The molecule has 0 aliphatic carbocycles. The summed E-state index contributed by atoms with van der Waals surface area (Å²) in [5.74, 6) is 1.53. The minimum Gasteiger partial charge on any atom is -0.465 e. The van der Waals surface area contributed by atoms with E-state index in [2.05, 4.69) is 6.92 Å². The van der Waals surface area contributed by atoms with E-state index in [1.54, 1.807) is 0 Å². The molecule has 0 atom stereocenters. The molecular formula is C9H16O3S. The monoisotopic (exact) mass is 204 g/mol. The lowest BCUT2D eigenvalue weighted by atomic mass is 10.3. The molecule has 3 nitrogen and oxygen atoms in total. The van der Waals surface area contributed by atoms with Crippen molar-refractivity contribution in [2.45, 2.75) is 26.7 Å². The van der Waals surface area contributed by atoms with Crippen molar-refractivity contribution in [3.8, 4) is 0 Å². The summed E-state index contributed by atoms with van der Waals surface area (Å²) in [6.07, 6.45) is 0.767. The molecule has 0 unspecified atom stereocenters. The molecule has 76 valence electrons. The molecule has 0 aromatic rings. The van der Waals surface area contributed by atoms with Gasteiger partial charge in [0.25, 0.3) is 0 Å². The standard InChI is InChI=1S/C9H16O3S/c1-3-13-6-4-5-12-9(11)7-8(2)10/h3-7H2,1-2H3. The van der Waals surface area contributed by atoms with Crippen LogP contribution in [0.3, 0.4) is 0 Å². The summed E-state index contributed by atoms with van der Waals surface area (Å²) in [5, 5.41) is 0. The van der Waals surface area contributed by atoms with Gasteiger partial charge in [-0.1, -0.05) is 6.92 Å². The Labute approximate surface area is 83.2 Å². The number of esters is 1. The van der Waals surface area contributed by atoms with Crippen LogP contribution < -0.4 is 0 Å². The molecular weight excluding hydrogens is 188 g/mol. The Hall–Kier alpha value is -0.510. The Kier molecular flexibility index (Phi) is 7.79. The highest BCUT2D eigenvalue weighted by atomic mass is 32.2. The van der Waals surface area contributed by atoms with E-state index in [0.717, 1.165) is 17.9 Å². The summed E-state index contributed by atoms with van der Waals surface area (Å²) in [4.78, 5) is 21.3. The third-order valence-electron chi connectivity index (χ3n) is 1.29. The fourth-order valence-electron chi connectivity index (χ4n) is 0.746. The van der Waals surface area contributed by atoms with Crippen LogP contribution >= 0.6 is 11.8 Å². The largest absolute Gasteiger partial charge is 0.465 e. The van der Waals surface area contributed by atoms with E-state index < -0.39 is 5.97 Å². The van der Waals surface area contributed by atoms with Gasteiger partial charge >= 0.3 is 5.97 Å². The third kappa shape index (κ3) is 9.40. The molecule has 0 radical (unpaired) electrons. The number of rotatable bonds is 7. The second-order valence-electron chi connectivity index (χ2n) is 2.65. The van der Waals surface area contributed by atoms with Gasteiger partial charge in [0, 0.05) is 0 Å². The Morgan fingerprint density at radius 1 is 1.38 bits per heavy atom. The molecule has 0 saturated heterocycles. The first-order valence-corrected chi connectivity index (χ1v) is 5.55. The lowest BCUT2D eigenvalue weighted by Gasteiger charge is -2.02. The molecule has 0 amide bonds. The van der Waals surface area contributed by atoms with E-state index >= 15 is 0 Å². The lowest BCUT2D eigenvalue weighted by molar-refractivity contribution is -0.145. The van der Waals surface area contributed by atoms with Gasteiger partial charge in [0.1, 0.15) is 12.2 Å². The summed E-state index contributed by atoms with van der Waals surface area (Å²) in [6.45, 7) is 3.90. The normalized spacial score (nSPS) is 9.69. The number of carbonyl (C=O) groups is 2. The van der Waals surface area contributed by atoms with Gasteiger partial charge in [-0.3, -0.25) is 9.59 Å². The predicted octanol–water partition coefficient (Wildman–Crippen LogP) is 1.65. The number of carbonyl (C=O) groups excluding carboxylic acids is 2. The van der Waals surface area contributed by atoms with Crippen LogP contribution in [0.25, 0.3) is 0 Å². The van der Waals surface area contributed by atoms with E-state index in [9.17, 15) is 9.59 Å². The quantitative estimate of drug-likeness (QED) is 0.359. The molecule has 0 aromatic heterocycles. The number of hydrogen-bond donors (Lipinski definition) is 0. The van der Waals surface area contributed by atoms with E-state index in [0.29, 0.717) is 6.61 Å². The minimum atomic E-state index is -0.408. The van der Waals surface area contributed by atoms with Crippen molar-refractivity contribution in [1.29, 1.82) is 0 Å². The molecule has 0 rings (SSSR count). The summed E-state index contributed by atoms with van der Waals surface area (Å²) >= 11 is 1.82. The zero-order valence-corrected chi connectivity index (χ0v) is 8.99. The van der Waals surface area contributed by atoms with Gasteiger partial charge in [-0.05, 0) is 24.9 Å². The van der Waals surface area contributed by atoms with Gasteiger partial charge in [0.2, 0.25) is 0 Å². The van der Waals surface area contributed by atoms with Crippen LogP contribution in [0.5, 0.6) is 0 Å². The topological polar surface area (TPSA) is 43.4 Å². The van der Waals surface area contributed by atoms with E-state index in [1.807, 2.05) is 11.8 Å². The SMILES string of the molecule is CCSCCCOC(=O)CC(C)=O. The summed E-state index contributed by atoms with van der Waals surface area (Å²) in [6, 6.07) is 0. The predicted molar refractivity (Wildman–Crippen MR) is 53.9 cm³/mol. The molecule has 0 heterocycles. The molecule has 0 N–H and O–H groups in total. The van der Waals surface area contributed by atoms with Crippen molar-refractivity contribution >= 4 is 23.5 Å². The summed E-state index contributed by atoms with van der Waals surface area (Å²) < 4.78 is 4.83. The number of hydrogen-bond acceptors (Lipinski definition) is 4. The average molecular weight is 204 g/mol. The first kappa shape index (κ1) is 12.5. The Morgan fingerprint density at radius 2 is 2.08 bits per heavy atom. The molecule has 0 aliphatic heterocycles. The van der Waals surface area contributed by atoms with Crippen LogP contribution in [0.2, 0.25) is 0 Å². The Bertz CT molecular complexity index is 168. The molecule has 0 bridgehead atoms. The fraction of sp³-hybridized carbons (Fsp3) is 0.778. The molecule has 0 aromatic carbocycles. The second-order valence-corrected chi connectivity index (χ2v) is 4.04. The zero-order valence-electron chi connectivity index (χ0n) is 8.17. The Balaban J connectivity index is 3.22. The van der Waals surface area contributed by atoms with Gasteiger partial charge in [-0.2, -0.15) is 11.8 Å². The maximum Gasteiger partial charge on any atom is 0.313 e. The number of ketones is 1. The summed E-state index contributed by atoms with van der Waals surface area (Å²) in [5.41, 5.74) is 0. The van der Waals surface area contributed by atoms with Crippen LogP contribution in [-0.2, 0) is 14.3 Å². The molecule has 0 fully saturated rings. The number of thioether (sulfide) groups is 1. The van der Waals surface area contributed by atoms with Gasteiger partial charge in [-0.25, -0.2) is 0 Å². The highest BCUT2D eigenvalue weighted by Gasteiger charge is 2.05. The van der Waals surface area contributed by atoms with E-state index in [4.69, 9.17) is 4.74 Å². The van der Waals surface area contributed by atoms with Gasteiger partial charge < -0.3 is 4.74 Å². The van der Waals surface area contributed by atoms with Crippen molar-refractivity contribution in [3.05, 3.63) is 0 Å². The van der Waals surface area contributed by atoms with Crippen LogP contribution in [0.1, 0.15) is 26.7 Å². The van der Waals surface area contributed by atoms with Crippen LogP contribution in [0.15, 0.2) is 0 Å². The fourth-order valence-corrected chi connectivity index (χ4v) is 1.36. The van der Waals surface area contributed by atoms with Crippen molar-refractivity contribution in [2.24, 2.45) is 0 Å². The number of Topliss-reactive ketones (excluding diaryl/α,β-unsaturated/α-hetero) is 1. The van der Waals surface area contributed by atoms with Crippen molar-refractivity contribution in [3.63, 3.8) is 0 Å². The van der Waals surface area contributed by atoms with E-state index in [-0.39, 0.29) is 12.2 Å². The zero-order chi connectivity index (χ0) is 10.1. The van der Waals surface area contributed by atoms with Gasteiger partial charge in [-0.15, -0.1) is 0 Å². The maximum absolute atomic E-state index is 10.8. The Morgan fingerprint density at radius 3 is 2.62 bits per heavy atom. The highest BCUT2D eigenvalue weighted by Crippen LogP contribution is 2.01. The molecule has 13 heavy (non-hydrogen) atoms. The first-order valence-electron chi connectivity index (χ1n) is 4.39.